The van der Waals surface area contributed by atoms with Gasteiger partial charge in [0.2, 0.25) is 0 Å². The maximum Gasteiger partial charge on any atom is 0.408 e. The topological polar surface area (TPSA) is 64.6 Å². The summed E-state index contributed by atoms with van der Waals surface area (Å²) in [5.41, 5.74) is 0.0974. The van der Waals surface area contributed by atoms with Crippen molar-refractivity contribution in [1.82, 2.24) is 5.32 Å². The molecule has 1 heterocycles. The molecule has 5 heteroatoms. The average Bonchev–Trinajstić information content (AvgIpc) is 3.13. The molecule has 2 aliphatic rings. The highest BCUT2D eigenvalue weighted by atomic mass is 16.6. The number of rotatable bonds is 3. The lowest BCUT2D eigenvalue weighted by molar-refractivity contribution is -0.150. The molecule has 1 aliphatic carbocycles. The summed E-state index contributed by atoms with van der Waals surface area (Å²) in [4.78, 5) is 23.4. The first kappa shape index (κ1) is 12.0. The largest absolute Gasteiger partial charge is 0.464 e. The molecule has 1 N–H and O–H groups in total. The van der Waals surface area contributed by atoms with E-state index in [0.29, 0.717) is 13.0 Å². The summed E-state index contributed by atoms with van der Waals surface area (Å²) in [7, 11) is 0. The Balaban J connectivity index is 1.54. The second kappa shape index (κ2) is 4.57. The number of alkyl carbamates (subject to hydrolysis) is 1. The average molecular weight is 261 g/mol. The molecule has 0 bridgehead atoms. The standard InChI is InChI=1S/C14H15NO4/c16-12-14(8-11(14)6-7-18-12)15-13(17)19-9-10-4-2-1-3-5-10/h1-5,11H,6-9H2,(H,15,17)/t11-,14-/m0/s1. The summed E-state index contributed by atoms with van der Waals surface area (Å²) < 4.78 is 10.1. The summed E-state index contributed by atoms with van der Waals surface area (Å²) in [6, 6.07) is 9.41. The van der Waals surface area contributed by atoms with Crippen LogP contribution in [0, 0.1) is 5.92 Å². The van der Waals surface area contributed by atoms with Gasteiger partial charge >= 0.3 is 12.1 Å². The van der Waals surface area contributed by atoms with Gasteiger partial charge in [0.1, 0.15) is 12.1 Å². The van der Waals surface area contributed by atoms with Crippen molar-refractivity contribution in [3.63, 3.8) is 0 Å². The SMILES string of the molecule is O=C(N[C@@]12C[C@@H]1CCOC2=O)OCc1ccccc1. The lowest BCUT2D eigenvalue weighted by Crippen LogP contribution is -2.48. The Labute approximate surface area is 110 Å². The third-order valence-electron chi connectivity index (χ3n) is 3.71. The highest BCUT2D eigenvalue weighted by Crippen LogP contribution is 2.49. The minimum atomic E-state index is -0.813. The van der Waals surface area contributed by atoms with Crippen LogP contribution in [0.4, 0.5) is 4.79 Å². The van der Waals surface area contributed by atoms with Gasteiger partial charge in [0.15, 0.2) is 0 Å². The number of amides is 1. The zero-order chi connectivity index (χ0) is 13.3. The Morgan fingerprint density at radius 2 is 2.21 bits per heavy atom. The van der Waals surface area contributed by atoms with Gasteiger partial charge in [-0.05, 0) is 24.3 Å². The number of esters is 1. The number of nitrogens with one attached hydrogen (secondary N) is 1. The van der Waals surface area contributed by atoms with Crippen LogP contribution >= 0.6 is 0 Å². The fraction of sp³-hybridized carbons (Fsp3) is 0.429. The molecule has 1 amide bonds. The monoisotopic (exact) mass is 261 g/mol. The van der Waals surface area contributed by atoms with Crippen molar-refractivity contribution in [2.75, 3.05) is 6.61 Å². The maximum atomic E-state index is 11.7. The number of benzene rings is 1. The van der Waals surface area contributed by atoms with Crippen LogP contribution in [0.1, 0.15) is 18.4 Å². The van der Waals surface area contributed by atoms with Gasteiger partial charge in [0, 0.05) is 0 Å². The van der Waals surface area contributed by atoms with Gasteiger partial charge in [-0.2, -0.15) is 0 Å². The number of carbonyl (C=O) groups is 2. The summed E-state index contributed by atoms with van der Waals surface area (Å²) in [5, 5.41) is 2.65. The zero-order valence-corrected chi connectivity index (χ0v) is 10.4. The molecule has 2 atom stereocenters. The Morgan fingerprint density at radius 1 is 1.42 bits per heavy atom. The molecule has 1 saturated heterocycles. The van der Waals surface area contributed by atoms with Gasteiger partial charge in [0.25, 0.3) is 0 Å². The van der Waals surface area contributed by atoms with Crippen LogP contribution in [0.5, 0.6) is 0 Å². The van der Waals surface area contributed by atoms with Crippen molar-refractivity contribution in [2.45, 2.75) is 25.0 Å². The second-order valence-corrected chi connectivity index (χ2v) is 4.98. The van der Waals surface area contributed by atoms with E-state index in [0.717, 1.165) is 12.0 Å². The third kappa shape index (κ3) is 2.28. The van der Waals surface area contributed by atoms with Crippen molar-refractivity contribution in [3.8, 4) is 0 Å². The van der Waals surface area contributed by atoms with Crippen LogP contribution in [-0.2, 0) is 20.9 Å². The van der Waals surface area contributed by atoms with Crippen molar-refractivity contribution in [1.29, 1.82) is 0 Å². The van der Waals surface area contributed by atoms with Gasteiger partial charge < -0.3 is 14.8 Å². The van der Waals surface area contributed by atoms with Gasteiger partial charge in [-0.3, -0.25) is 0 Å². The quantitative estimate of drug-likeness (QED) is 0.840. The van der Waals surface area contributed by atoms with Gasteiger partial charge in [-0.25, -0.2) is 9.59 Å². The molecular formula is C14H15NO4. The fourth-order valence-electron chi connectivity index (χ4n) is 2.50. The number of ether oxygens (including phenoxy) is 2. The van der Waals surface area contributed by atoms with Crippen LogP contribution in [0.25, 0.3) is 0 Å². The Hall–Kier alpha value is -2.04. The first-order chi connectivity index (χ1) is 9.21. The van der Waals surface area contributed by atoms with Gasteiger partial charge in [-0.1, -0.05) is 30.3 Å². The number of hydrogen-bond acceptors (Lipinski definition) is 4. The molecule has 2 fully saturated rings. The lowest BCUT2D eigenvalue weighted by Gasteiger charge is -2.21. The molecule has 1 aliphatic heterocycles. The van der Waals surface area contributed by atoms with Crippen LogP contribution in [-0.4, -0.2) is 24.2 Å². The van der Waals surface area contributed by atoms with Gasteiger partial charge in [-0.15, -0.1) is 0 Å². The van der Waals surface area contributed by atoms with Crippen LogP contribution in [0.2, 0.25) is 0 Å². The molecule has 0 spiro atoms. The first-order valence-electron chi connectivity index (χ1n) is 6.37. The molecule has 0 aromatic heterocycles. The molecule has 1 aromatic carbocycles. The van der Waals surface area contributed by atoms with Crippen molar-refractivity contribution in [2.24, 2.45) is 5.92 Å². The Morgan fingerprint density at radius 3 is 2.95 bits per heavy atom. The van der Waals surface area contributed by atoms with Crippen molar-refractivity contribution < 1.29 is 19.1 Å². The van der Waals surface area contributed by atoms with Crippen LogP contribution < -0.4 is 5.32 Å². The summed E-state index contributed by atoms with van der Waals surface area (Å²) in [6.07, 6.45) is 0.905. The molecular weight excluding hydrogens is 246 g/mol. The highest BCUT2D eigenvalue weighted by Gasteiger charge is 2.64. The zero-order valence-electron chi connectivity index (χ0n) is 10.4. The van der Waals surface area contributed by atoms with E-state index in [2.05, 4.69) is 5.32 Å². The van der Waals surface area contributed by atoms with E-state index in [4.69, 9.17) is 9.47 Å². The fourth-order valence-corrected chi connectivity index (χ4v) is 2.50. The summed E-state index contributed by atoms with van der Waals surface area (Å²) in [5.74, 6) is -0.126. The van der Waals surface area contributed by atoms with Crippen LogP contribution in [0.15, 0.2) is 30.3 Å². The van der Waals surface area contributed by atoms with E-state index in [9.17, 15) is 9.59 Å². The predicted octanol–water partition coefficient (Wildman–Crippen LogP) is 1.62. The van der Waals surface area contributed by atoms with Crippen LogP contribution in [0.3, 0.4) is 0 Å². The number of cyclic esters (lactones) is 1. The molecule has 1 aromatic rings. The summed E-state index contributed by atoms with van der Waals surface area (Å²) >= 11 is 0. The smallest absolute Gasteiger partial charge is 0.408 e. The second-order valence-electron chi connectivity index (χ2n) is 4.98. The molecule has 3 rings (SSSR count). The van der Waals surface area contributed by atoms with E-state index < -0.39 is 11.6 Å². The minimum absolute atomic E-state index is 0.197. The molecule has 100 valence electrons. The van der Waals surface area contributed by atoms with E-state index in [1.165, 1.54) is 0 Å². The van der Waals surface area contributed by atoms with E-state index >= 15 is 0 Å². The van der Waals surface area contributed by atoms with Crippen molar-refractivity contribution in [3.05, 3.63) is 35.9 Å². The lowest BCUT2D eigenvalue weighted by atomic mass is 10.1. The minimum Gasteiger partial charge on any atom is -0.464 e. The van der Waals surface area contributed by atoms with E-state index in [1.807, 2.05) is 30.3 Å². The maximum absolute atomic E-state index is 11.7. The van der Waals surface area contributed by atoms with E-state index in [1.54, 1.807) is 0 Å². The van der Waals surface area contributed by atoms with E-state index in [-0.39, 0.29) is 18.5 Å². The van der Waals surface area contributed by atoms with Crippen molar-refractivity contribution >= 4 is 12.1 Å². The number of fused-ring (bicyclic) bond motifs is 1. The highest BCUT2D eigenvalue weighted by molar-refractivity contribution is 5.90. The Bertz CT molecular complexity index is 501. The molecule has 19 heavy (non-hydrogen) atoms. The van der Waals surface area contributed by atoms with Gasteiger partial charge in [0.05, 0.1) is 6.61 Å². The molecule has 5 nitrogen and oxygen atoms in total. The normalized spacial score (nSPS) is 28.0. The first-order valence-corrected chi connectivity index (χ1v) is 6.37. The molecule has 1 saturated carbocycles. The summed E-state index contributed by atoms with van der Waals surface area (Å²) in [6.45, 7) is 0.647. The number of hydrogen-bond donors (Lipinski definition) is 1. The number of carbonyl (C=O) groups excluding carboxylic acids is 2. The Kier molecular flexibility index (Phi) is 2.89. The molecule has 0 unspecified atom stereocenters. The third-order valence-corrected chi connectivity index (χ3v) is 3.71. The molecule has 0 radical (unpaired) electrons. The predicted molar refractivity (Wildman–Crippen MR) is 66.2 cm³/mol.